The molecule has 0 saturated heterocycles. The van der Waals surface area contributed by atoms with Crippen molar-refractivity contribution >= 4 is 21.6 Å². The summed E-state index contributed by atoms with van der Waals surface area (Å²) in [6.45, 7) is 1.34. The van der Waals surface area contributed by atoms with E-state index in [0.717, 1.165) is 15.9 Å². The summed E-state index contributed by atoms with van der Waals surface area (Å²) >= 11 is 0. The quantitative estimate of drug-likeness (QED) is 0.521. The van der Waals surface area contributed by atoms with Gasteiger partial charge < -0.3 is 10.1 Å². The van der Waals surface area contributed by atoms with E-state index in [9.17, 15) is 17.6 Å². The molecule has 0 aliphatic rings. The van der Waals surface area contributed by atoms with Gasteiger partial charge in [0.15, 0.2) is 0 Å². The molecule has 6 nitrogen and oxygen atoms in total. The lowest BCUT2D eigenvalue weighted by Crippen LogP contribution is -2.42. The molecule has 0 saturated carbocycles. The first-order valence-electron chi connectivity index (χ1n) is 10.1. The Kier molecular flexibility index (Phi) is 7.48. The van der Waals surface area contributed by atoms with Crippen molar-refractivity contribution in [1.29, 1.82) is 0 Å². The highest BCUT2D eigenvalue weighted by atomic mass is 32.2. The number of anilines is 1. The number of amides is 1. The van der Waals surface area contributed by atoms with Crippen molar-refractivity contribution in [2.45, 2.75) is 24.3 Å². The zero-order valence-electron chi connectivity index (χ0n) is 17.9. The van der Waals surface area contributed by atoms with Gasteiger partial charge in [0.25, 0.3) is 10.0 Å². The molecule has 0 bridgehead atoms. The Labute approximate surface area is 187 Å². The lowest BCUT2D eigenvalue weighted by atomic mass is 10.0. The second-order valence-electron chi connectivity index (χ2n) is 7.08. The van der Waals surface area contributed by atoms with Gasteiger partial charge in [-0.05, 0) is 48.4 Å². The van der Waals surface area contributed by atoms with Crippen LogP contribution in [0.3, 0.4) is 0 Å². The molecule has 0 heterocycles. The van der Waals surface area contributed by atoms with Crippen LogP contribution in [0, 0.1) is 5.82 Å². The molecule has 0 fully saturated rings. The monoisotopic (exact) mass is 456 g/mol. The number of para-hydroxylation sites is 1. The molecule has 0 aromatic heterocycles. The highest BCUT2D eigenvalue weighted by molar-refractivity contribution is 7.92. The van der Waals surface area contributed by atoms with Crippen LogP contribution in [-0.4, -0.2) is 28.0 Å². The third kappa shape index (κ3) is 5.26. The first-order chi connectivity index (χ1) is 15.4. The third-order valence-electron chi connectivity index (χ3n) is 5.00. The molecule has 32 heavy (non-hydrogen) atoms. The van der Waals surface area contributed by atoms with Crippen LogP contribution in [0.5, 0.6) is 5.75 Å². The van der Waals surface area contributed by atoms with Crippen LogP contribution < -0.4 is 14.4 Å². The number of halogens is 1. The summed E-state index contributed by atoms with van der Waals surface area (Å²) in [5.74, 6) is -0.591. The fourth-order valence-electron chi connectivity index (χ4n) is 3.30. The normalized spacial score (nSPS) is 12.1. The van der Waals surface area contributed by atoms with Crippen molar-refractivity contribution in [3.63, 3.8) is 0 Å². The van der Waals surface area contributed by atoms with E-state index in [1.807, 2.05) is 19.1 Å². The molecule has 0 aliphatic carbocycles. The van der Waals surface area contributed by atoms with Crippen LogP contribution in [0.1, 0.15) is 24.9 Å². The second kappa shape index (κ2) is 10.3. The van der Waals surface area contributed by atoms with Gasteiger partial charge in [-0.25, -0.2) is 12.8 Å². The molecule has 168 valence electrons. The summed E-state index contributed by atoms with van der Waals surface area (Å²) in [5.41, 5.74) is 0.661. The first-order valence-corrected chi connectivity index (χ1v) is 11.6. The maximum atomic E-state index is 14.6. The van der Waals surface area contributed by atoms with Crippen LogP contribution in [0.4, 0.5) is 10.1 Å². The van der Waals surface area contributed by atoms with Crippen molar-refractivity contribution in [3.05, 3.63) is 90.2 Å². The highest BCUT2D eigenvalue weighted by Gasteiger charge is 2.29. The maximum Gasteiger partial charge on any atom is 0.264 e. The minimum Gasteiger partial charge on any atom is -0.497 e. The maximum absolute atomic E-state index is 14.6. The van der Waals surface area contributed by atoms with Crippen molar-refractivity contribution in [3.8, 4) is 5.75 Å². The van der Waals surface area contributed by atoms with E-state index in [0.29, 0.717) is 12.2 Å². The molecular formula is C24H25FN2O4S. The van der Waals surface area contributed by atoms with Crippen LogP contribution in [0.15, 0.2) is 83.8 Å². The van der Waals surface area contributed by atoms with E-state index < -0.39 is 28.3 Å². The predicted octanol–water partition coefficient (Wildman–Crippen LogP) is 4.30. The molecule has 0 spiro atoms. The van der Waals surface area contributed by atoms with E-state index in [1.54, 1.807) is 37.4 Å². The predicted molar refractivity (Wildman–Crippen MR) is 122 cm³/mol. The second-order valence-corrected chi connectivity index (χ2v) is 8.94. The van der Waals surface area contributed by atoms with Gasteiger partial charge in [-0.15, -0.1) is 0 Å². The lowest BCUT2D eigenvalue weighted by Gasteiger charge is -2.26. The van der Waals surface area contributed by atoms with Crippen LogP contribution >= 0.6 is 0 Å². The van der Waals surface area contributed by atoms with E-state index >= 15 is 0 Å². The topological polar surface area (TPSA) is 75.7 Å². The minimum absolute atomic E-state index is 0.0294. The van der Waals surface area contributed by atoms with Gasteiger partial charge in [-0.3, -0.25) is 9.10 Å². The van der Waals surface area contributed by atoms with Crippen LogP contribution in [0.25, 0.3) is 0 Å². The number of nitrogens with zero attached hydrogens (tertiary/aromatic N) is 1. The van der Waals surface area contributed by atoms with Gasteiger partial charge in [0.2, 0.25) is 5.91 Å². The number of benzene rings is 3. The van der Waals surface area contributed by atoms with E-state index in [-0.39, 0.29) is 16.6 Å². The summed E-state index contributed by atoms with van der Waals surface area (Å²) in [4.78, 5) is 12.9. The molecule has 0 radical (unpaired) electrons. The summed E-state index contributed by atoms with van der Waals surface area (Å²) in [6.07, 6.45) is 0.587. The highest BCUT2D eigenvalue weighted by Crippen LogP contribution is 2.26. The van der Waals surface area contributed by atoms with Gasteiger partial charge in [-0.2, -0.15) is 0 Å². The number of carbonyl (C=O) groups excluding carboxylic acids is 1. The number of ether oxygens (including phenoxy) is 1. The molecule has 3 rings (SSSR count). The number of carbonyl (C=O) groups is 1. The largest absolute Gasteiger partial charge is 0.497 e. The van der Waals surface area contributed by atoms with Crippen molar-refractivity contribution in [2.75, 3.05) is 18.0 Å². The number of hydrogen-bond acceptors (Lipinski definition) is 4. The van der Waals surface area contributed by atoms with Gasteiger partial charge in [-0.1, -0.05) is 49.4 Å². The summed E-state index contributed by atoms with van der Waals surface area (Å²) in [6, 6.07) is 20.0. The number of methoxy groups -OCH3 is 1. The van der Waals surface area contributed by atoms with Crippen LogP contribution in [-0.2, 0) is 14.8 Å². The average molecular weight is 457 g/mol. The lowest BCUT2D eigenvalue weighted by molar-refractivity contribution is -0.120. The molecule has 1 N–H and O–H groups in total. The molecular weight excluding hydrogens is 431 g/mol. The average Bonchev–Trinajstić information content (AvgIpc) is 2.82. The Balaban J connectivity index is 1.89. The smallest absolute Gasteiger partial charge is 0.264 e. The van der Waals surface area contributed by atoms with Gasteiger partial charge in [0.1, 0.15) is 18.1 Å². The zero-order valence-corrected chi connectivity index (χ0v) is 18.7. The van der Waals surface area contributed by atoms with E-state index in [2.05, 4.69) is 5.32 Å². The molecule has 1 atom stereocenters. The summed E-state index contributed by atoms with van der Waals surface area (Å²) in [5, 5.41) is 2.86. The Morgan fingerprint density at radius 2 is 1.62 bits per heavy atom. The third-order valence-corrected chi connectivity index (χ3v) is 6.78. The molecule has 0 unspecified atom stereocenters. The standard InChI is InChI=1S/C24H25FN2O4S/c1-3-22(18-13-15-19(31-2)16-14-18)26-24(28)17-27(23-12-8-7-11-21(23)25)32(29,30)20-9-5-4-6-10-20/h4-16,22H,3,17H2,1-2H3,(H,26,28)/t22-/m1/s1. The fraction of sp³-hybridized carbons (Fsp3) is 0.208. The van der Waals surface area contributed by atoms with Crippen molar-refractivity contribution in [1.82, 2.24) is 5.32 Å². The summed E-state index contributed by atoms with van der Waals surface area (Å²) < 4.78 is 47.1. The summed E-state index contributed by atoms with van der Waals surface area (Å²) in [7, 11) is -2.60. The number of rotatable bonds is 9. The SMILES string of the molecule is CC[C@@H](NC(=O)CN(c1ccccc1F)S(=O)(=O)c1ccccc1)c1ccc(OC)cc1. The Bertz CT molecular complexity index is 1150. The Morgan fingerprint density at radius 3 is 2.22 bits per heavy atom. The molecule has 0 aliphatic heterocycles. The van der Waals surface area contributed by atoms with Crippen molar-refractivity contribution < 1.29 is 22.3 Å². The van der Waals surface area contributed by atoms with Crippen LogP contribution in [0.2, 0.25) is 0 Å². The van der Waals surface area contributed by atoms with Gasteiger partial charge in [0, 0.05) is 0 Å². The first kappa shape index (κ1) is 23.3. The zero-order chi connectivity index (χ0) is 23.1. The van der Waals surface area contributed by atoms with Gasteiger partial charge >= 0.3 is 0 Å². The Hall–Kier alpha value is -3.39. The fourth-order valence-corrected chi connectivity index (χ4v) is 4.75. The van der Waals surface area contributed by atoms with Gasteiger partial charge in [0.05, 0.1) is 23.7 Å². The Morgan fingerprint density at radius 1 is 1.00 bits per heavy atom. The van der Waals surface area contributed by atoms with Crippen molar-refractivity contribution in [2.24, 2.45) is 0 Å². The number of hydrogen-bond donors (Lipinski definition) is 1. The number of nitrogens with one attached hydrogen (secondary N) is 1. The molecule has 1 amide bonds. The minimum atomic E-state index is -4.17. The van der Waals surface area contributed by atoms with E-state index in [1.165, 1.54) is 30.3 Å². The molecule has 3 aromatic carbocycles. The number of sulfonamides is 1. The van der Waals surface area contributed by atoms with E-state index in [4.69, 9.17) is 4.74 Å². The molecule has 3 aromatic rings. The molecule has 8 heteroatoms.